The fourth-order valence-electron chi connectivity index (χ4n) is 2.72. The van der Waals surface area contributed by atoms with Crippen molar-refractivity contribution in [2.75, 3.05) is 20.4 Å². The second kappa shape index (κ2) is 9.17. The molecule has 0 fully saturated rings. The van der Waals surface area contributed by atoms with Crippen LogP contribution in [0.5, 0.6) is 0 Å². The number of alkyl halides is 1. The Hall–Kier alpha value is -2.41. The third kappa shape index (κ3) is 4.57. The normalized spacial score (nSPS) is 12.1. The van der Waals surface area contributed by atoms with Crippen molar-refractivity contribution in [3.05, 3.63) is 36.0 Å². The number of esters is 1. The summed E-state index contributed by atoms with van der Waals surface area (Å²) in [4.78, 5) is 24.1. The lowest BCUT2D eigenvalue weighted by atomic mass is 10.1. The Balaban J connectivity index is 2.22. The molecule has 1 amide bonds. The number of methoxy groups -OCH3 is 1. The van der Waals surface area contributed by atoms with Crippen LogP contribution in [0.15, 0.2) is 30.5 Å². The molecule has 0 aliphatic rings. The van der Waals surface area contributed by atoms with Gasteiger partial charge in [0.05, 0.1) is 26.0 Å². The van der Waals surface area contributed by atoms with Gasteiger partial charge in [-0.25, -0.2) is 4.79 Å². The zero-order chi connectivity index (χ0) is 18.2. The van der Waals surface area contributed by atoms with Crippen LogP contribution in [-0.2, 0) is 16.1 Å². The van der Waals surface area contributed by atoms with E-state index < -0.39 is 24.5 Å². The predicted octanol–water partition coefficient (Wildman–Crippen LogP) is 2.04. The number of halogens is 1. The molecule has 0 saturated heterocycles. The van der Waals surface area contributed by atoms with E-state index in [-0.39, 0.29) is 6.67 Å². The van der Waals surface area contributed by atoms with Crippen LogP contribution in [0.25, 0.3) is 10.9 Å². The molecule has 2 rings (SSSR count). The summed E-state index contributed by atoms with van der Waals surface area (Å²) in [6, 6.07) is 6.34. The number of para-hydroxylation sites is 1. The quantitative estimate of drug-likeness (QED) is 0.536. The number of rotatable bonds is 9. The van der Waals surface area contributed by atoms with Crippen LogP contribution in [-0.4, -0.2) is 48.0 Å². The maximum Gasteiger partial charge on any atom is 0.330 e. The number of unbranched alkanes of at least 4 members (excludes halogenated alkanes) is 2. The average Bonchev–Trinajstić information content (AvgIpc) is 3.01. The number of carbonyl (C=O) groups is 2. The van der Waals surface area contributed by atoms with E-state index in [4.69, 9.17) is 0 Å². The Morgan fingerprint density at radius 3 is 2.72 bits per heavy atom. The minimum Gasteiger partial charge on any atom is -0.467 e. The van der Waals surface area contributed by atoms with Crippen LogP contribution in [0.2, 0.25) is 0 Å². The van der Waals surface area contributed by atoms with Crippen molar-refractivity contribution < 1.29 is 23.8 Å². The number of benzene rings is 1. The second-order valence-electron chi connectivity index (χ2n) is 5.73. The Morgan fingerprint density at radius 2 is 2.04 bits per heavy atom. The number of aliphatic hydroxyl groups excluding tert-OH is 1. The maximum absolute atomic E-state index is 12.5. The molecule has 25 heavy (non-hydrogen) atoms. The Labute approximate surface area is 145 Å². The Morgan fingerprint density at radius 1 is 1.28 bits per heavy atom. The van der Waals surface area contributed by atoms with Gasteiger partial charge in [-0.05, 0) is 25.3 Å². The van der Waals surface area contributed by atoms with E-state index in [0.29, 0.717) is 18.5 Å². The number of nitrogens with one attached hydrogen (secondary N) is 1. The van der Waals surface area contributed by atoms with Gasteiger partial charge in [-0.3, -0.25) is 9.18 Å². The molecule has 2 N–H and O–H groups in total. The molecule has 1 heterocycles. The van der Waals surface area contributed by atoms with Gasteiger partial charge in [-0.1, -0.05) is 18.2 Å². The summed E-state index contributed by atoms with van der Waals surface area (Å²) in [6.45, 7) is -0.190. The van der Waals surface area contributed by atoms with Gasteiger partial charge < -0.3 is 19.7 Å². The molecule has 6 nitrogen and oxygen atoms in total. The molecular formula is C18H23FN2O4. The minimum atomic E-state index is -1.11. The molecule has 1 atom stereocenters. The SMILES string of the molecule is COC(=O)[C@H](CO)NC(=O)c1cn(CCCCCF)c2ccccc12. The molecule has 0 spiro atoms. The molecule has 0 aliphatic carbocycles. The molecule has 0 radical (unpaired) electrons. The second-order valence-corrected chi connectivity index (χ2v) is 5.73. The number of hydrogen-bond acceptors (Lipinski definition) is 4. The molecule has 0 unspecified atom stereocenters. The van der Waals surface area contributed by atoms with Crippen molar-refractivity contribution in [1.82, 2.24) is 9.88 Å². The average molecular weight is 350 g/mol. The standard InChI is InChI=1S/C18H23FN2O4/c1-25-18(24)15(12-22)20-17(23)14-11-21(10-6-2-5-9-19)16-8-4-3-7-13(14)16/h3-4,7-8,11,15,22H,2,5-6,9-10,12H2,1H3,(H,20,23)/t15-/m0/s1. The van der Waals surface area contributed by atoms with Gasteiger partial charge in [0.2, 0.25) is 0 Å². The van der Waals surface area contributed by atoms with Crippen LogP contribution in [0, 0.1) is 0 Å². The van der Waals surface area contributed by atoms with Gasteiger partial charge >= 0.3 is 5.97 Å². The first-order valence-corrected chi connectivity index (χ1v) is 8.25. The molecule has 0 saturated carbocycles. The molecule has 136 valence electrons. The highest BCUT2D eigenvalue weighted by molar-refractivity contribution is 6.08. The van der Waals surface area contributed by atoms with E-state index in [9.17, 15) is 19.1 Å². The van der Waals surface area contributed by atoms with Crippen molar-refractivity contribution in [2.45, 2.75) is 31.8 Å². The molecule has 2 aromatic rings. The number of hydrogen-bond donors (Lipinski definition) is 2. The summed E-state index contributed by atoms with van der Waals surface area (Å²) < 4.78 is 18.7. The highest BCUT2D eigenvalue weighted by atomic mass is 19.1. The summed E-state index contributed by atoms with van der Waals surface area (Å²) in [5.41, 5.74) is 1.31. The smallest absolute Gasteiger partial charge is 0.330 e. The van der Waals surface area contributed by atoms with Gasteiger partial charge in [-0.2, -0.15) is 0 Å². The van der Waals surface area contributed by atoms with E-state index in [1.165, 1.54) is 7.11 Å². The minimum absolute atomic E-state index is 0.323. The molecule has 7 heteroatoms. The third-order valence-corrected chi connectivity index (χ3v) is 4.04. The van der Waals surface area contributed by atoms with Gasteiger partial charge in [0.1, 0.15) is 0 Å². The zero-order valence-electron chi connectivity index (χ0n) is 14.2. The molecule has 1 aromatic carbocycles. The summed E-state index contributed by atoms with van der Waals surface area (Å²) in [5, 5.41) is 12.5. The summed E-state index contributed by atoms with van der Waals surface area (Å²) in [5.74, 6) is -1.16. The summed E-state index contributed by atoms with van der Waals surface area (Å²) in [7, 11) is 1.19. The first-order valence-electron chi connectivity index (χ1n) is 8.25. The van der Waals surface area contributed by atoms with Crippen LogP contribution >= 0.6 is 0 Å². The fraction of sp³-hybridized carbons (Fsp3) is 0.444. The lowest BCUT2D eigenvalue weighted by molar-refractivity contribution is -0.143. The Bertz CT molecular complexity index is 729. The first kappa shape index (κ1) is 18.9. The van der Waals surface area contributed by atoms with Crippen LogP contribution in [0.3, 0.4) is 0 Å². The van der Waals surface area contributed by atoms with Crippen molar-refractivity contribution in [2.24, 2.45) is 0 Å². The molecular weight excluding hydrogens is 327 g/mol. The van der Waals surface area contributed by atoms with Crippen LogP contribution < -0.4 is 5.32 Å². The van der Waals surface area contributed by atoms with E-state index in [2.05, 4.69) is 10.1 Å². The predicted molar refractivity (Wildman–Crippen MR) is 92.1 cm³/mol. The van der Waals surface area contributed by atoms with Crippen molar-refractivity contribution in [3.8, 4) is 0 Å². The summed E-state index contributed by atoms with van der Waals surface area (Å²) >= 11 is 0. The lowest BCUT2D eigenvalue weighted by Gasteiger charge is -2.13. The Kier molecular flexibility index (Phi) is 6.94. The van der Waals surface area contributed by atoms with Crippen molar-refractivity contribution in [3.63, 3.8) is 0 Å². The van der Waals surface area contributed by atoms with E-state index in [1.54, 1.807) is 6.20 Å². The van der Waals surface area contributed by atoms with Crippen molar-refractivity contribution >= 4 is 22.8 Å². The number of ether oxygens (including phenoxy) is 1. The monoisotopic (exact) mass is 350 g/mol. The van der Waals surface area contributed by atoms with Gasteiger partial charge in [-0.15, -0.1) is 0 Å². The van der Waals surface area contributed by atoms with Crippen molar-refractivity contribution in [1.29, 1.82) is 0 Å². The molecule has 0 bridgehead atoms. The first-order chi connectivity index (χ1) is 12.1. The molecule has 0 aliphatic heterocycles. The number of nitrogens with zero attached hydrogens (tertiary/aromatic N) is 1. The number of fused-ring (bicyclic) bond motifs is 1. The van der Waals surface area contributed by atoms with Gasteiger partial charge in [0.25, 0.3) is 5.91 Å². The largest absolute Gasteiger partial charge is 0.467 e. The number of aryl methyl sites for hydroxylation is 1. The van der Waals surface area contributed by atoms with E-state index >= 15 is 0 Å². The van der Waals surface area contributed by atoms with Crippen LogP contribution in [0.1, 0.15) is 29.6 Å². The van der Waals surface area contributed by atoms with Gasteiger partial charge in [0.15, 0.2) is 6.04 Å². The number of carbonyl (C=O) groups excluding carboxylic acids is 2. The van der Waals surface area contributed by atoms with Crippen LogP contribution in [0.4, 0.5) is 4.39 Å². The van der Waals surface area contributed by atoms with E-state index in [1.807, 2.05) is 28.8 Å². The highest BCUT2D eigenvalue weighted by Crippen LogP contribution is 2.22. The third-order valence-electron chi connectivity index (χ3n) is 4.04. The van der Waals surface area contributed by atoms with Gasteiger partial charge in [0, 0.05) is 23.6 Å². The zero-order valence-corrected chi connectivity index (χ0v) is 14.2. The highest BCUT2D eigenvalue weighted by Gasteiger charge is 2.23. The van der Waals surface area contributed by atoms with E-state index in [0.717, 1.165) is 23.7 Å². The number of aromatic nitrogens is 1. The lowest BCUT2D eigenvalue weighted by Crippen LogP contribution is -2.44. The summed E-state index contributed by atoms with van der Waals surface area (Å²) in [6.07, 6.45) is 3.84. The molecule has 1 aromatic heterocycles. The maximum atomic E-state index is 12.5. The topological polar surface area (TPSA) is 80.6 Å². The number of amides is 1. The number of aliphatic hydroxyl groups is 1. The fourth-order valence-corrected chi connectivity index (χ4v) is 2.72.